The molecule has 0 saturated heterocycles. The van der Waals surface area contributed by atoms with E-state index in [2.05, 4.69) is 10.3 Å². The van der Waals surface area contributed by atoms with Crippen LogP contribution in [0.1, 0.15) is 13.3 Å². The molecule has 0 saturated carbocycles. The van der Waals surface area contributed by atoms with E-state index in [0.717, 1.165) is 16.9 Å². The molecule has 1 aromatic carbocycles. The second-order valence-electron chi connectivity index (χ2n) is 5.22. The van der Waals surface area contributed by atoms with Crippen LogP contribution in [-0.2, 0) is 11.3 Å². The van der Waals surface area contributed by atoms with E-state index >= 15 is 0 Å². The number of hydrogen-bond donors (Lipinski definition) is 1. The average molecular weight is 327 g/mol. The molecule has 2 heterocycles. The highest BCUT2D eigenvalue weighted by molar-refractivity contribution is 7.21. The van der Waals surface area contributed by atoms with Crippen LogP contribution < -0.4 is 10.9 Å². The van der Waals surface area contributed by atoms with Crippen molar-refractivity contribution in [1.29, 1.82) is 0 Å². The Labute approximate surface area is 137 Å². The number of aromatic nitrogens is 2. The van der Waals surface area contributed by atoms with Gasteiger partial charge in [0.2, 0.25) is 5.91 Å². The lowest BCUT2D eigenvalue weighted by atomic mass is 10.2. The molecule has 0 aliphatic heterocycles. The van der Waals surface area contributed by atoms with Gasteiger partial charge < -0.3 is 5.32 Å². The van der Waals surface area contributed by atoms with Gasteiger partial charge in [-0.2, -0.15) is 0 Å². The van der Waals surface area contributed by atoms with E-state index in [9.17, 15) is 9.59 Å². The summed E-state index contributed by atoms with van der Waals surface area (Å²) in [6.07, 6.45) is 2.31. The zero-order valence-electron chi connectivity index (χ0n) is 12.8. The van der Waals surface area contributed by atoms with Gasteiger partial charge in [-0.3, -0.25) is 14.2 Å². The predicted molar refractivity (Wildman–Crippen MR) is 92.6 cm³/mol. The normalized spacial score (nSPS) is 10.8. The van der Waals surface area contributed by atoms with E-state index in [1.165, 1.54) is 22.2 Å². The van der Waals surface area contributed by atoms with Crippen LogP contribution in [0.5, 0.6) is 0 Å². The van der Waals surface area contributed by atoms with Crippen LogP contribution in [0.2, 0.25) is 0 Å². The van der Waals surface area contributed by atoms with E-state index in [-0.39, 0.29) is 18.0 Å². The van der Waals surface area contributed by atoms with Crippen molar-refractivity contribution in [1.82, 2.24) is 14.9 Å². The summed E-state index contributed by atoms with van der Waals surface area (Å²) in [5.41, 5.74) is 0.877. The Morgan fingerprint density at radius 3 is 2.83 bits per heavy atom. The van der Waals surface area contributed by atoms with E-state index < -0.39 is 0 Å². The number of rotatable bonds is 5. The van der Waals surface area contributed by atoms with Gasteiger partial charge in [0.1, 0.15) is 11.4 Å². The minimum Gasteiger partial charge on any atom is -0.355 e. The van der Waals surface area contributed by atoms with E-state index in [1.807, 2.05) is 43.3 Å². The molecule has 0 fully saturated rings. The van der Waals surface area contributed by atoms with Crippen LogP contribution in [0.4, 0.5) is 0 Å². The molecule has 6 heteroatoms. The summed E-state index contributed by atoms with van der Waals surface area (Å²) in [4.78, 5) is 30.3. The minimum absolute atomic E-state index is 0.00170. The maximum Gasteiger partial charge on any atom is 0.262 e. The Balaban J connectivity index is 1.93. The molecule has 1 N–H and O–H groups in total. The molecule has 1 amide bonds. The third kappa shape index (κ3) is 3.32. The standard InChI is InChI=1S/C17H17N3O2S/c1-2-8-18-15(21)10-20-11-19-16-13(17(20)22)9-14(23-16)12-6-4-3-5-7-12/h3-7,9,11H,2,8,10H2,1H3,(H,18,21). The maximum atomic E-state index is 12.5. The Morgan fingerprint density at radius 2 is 2.09 bits per heavy atom. The number of nitrogens with zero attached hydrogens (tertiary/aromatic N) is 2. The molecule has 0 unspecified atom stereocenters. The van der Waals surface area contributed by atoms with Gasteiger partial charge in [0.15, 0.2) is 0 Å². The molecule has 3 rings (SSSR count). The third-order valence-corrected chi connectivity index (χ3v) is 4.55. The minimum atomic E-state index is -0.180. The van der Waals surface area contributed by atoms with Gasteiger partial charge in [0.05, 0.1) is 11.7 Å². The second kappa shape index (κ2) is 6.75. The summed E-state index contributed by atoms with van der Waals surface area (Å²) in [7, 11) is 0. The second-order valence-corrected chi connectivity index (χ2v) is 6.25. The van der Waals surface area contributed by atoms with Crippen LogP contribution in [0.15, 0.2) is 47.5 Å². The third-order valence-electron chi connectivity index (χ3n) is 3.46. The van der Waals surface area contributed by atoms with Crippen molar-refractivity contribution in [3.63, 3.8) is 0 Å². The first kappa shape index (κ1) is 15.4. The number of nitrogens with one attached hydrogen (secondary N) is 1. The highest BCUT2D eigenvalue weighted by atomic mass is 32.1. The monoisotopic (exact) mass is 327 g/mol. The summed E-state index contributed by atoms with van der Waals surface area (Å²) in [6.45, 7) is 2.59. The maximum absolute atomic E-state index is 12.5. The van der Waals surface area contributed by atoms with Crippen LogP contribution in [0.25, 0.3) is 20.7 Å². The van der Waals surface area contributed by atoms with Gasteiger partial charge in [-0.25, -0.2) is 4.98 Å². The van der Waals surface area contributed by atoms with E-state index in [1.54, 1.807) is 0 Å². The SMILES string of the molecule is CCCNC(=O)Cn1cnc2sc(-c3ccccc3)cc2c1=O. The van der Waals surface area contributed by atoms with Crippen molar-refractivity contribution >= 4 is 27.5 Å². The Kier molecular flexibility index (Phi) is 4.52. The van der Waals surface area contributed by atoms with Crippen molar-refractivity contribution < 1.29 is 4.79 Å². The fraction of sp³-hybridized carbons (Fsp3) is 0.235. The largest absolute Gasteiger partial charge is 0.355 e. The molecular formula is C17H17N3O2S. The Bertz CT molecular complexity index is 884. The van der Waals surface area contributed by atoms with Crippen molar-refractivity contribution in [2.75, 3.05) is 6.54 Å². The topological polar surface area (TPSA) is 64.0 Å². The first-order valence-corrected chi connectivity index (χ1v) is 8.32. The van der Waals surface area contributed by atoms with Gasteiger partial charge in [0.25, 0.3) is 5.56 Å². The lowest BCUT2D eigenvalue weighted by molar-refractivity contribution is -0.121. The summed E-state index contributed by atoms with van der Waals surface area (Å²) in [5.74, 6) is -0.173. The molecule has 0 aliphatic rings. The molecule has 0 spiro atoms. The fourth-order valence-corrected chi connectivity index (χ4v) is 3.29. The first-order chi connectivity index (χ1) is 11.2. The molecular weight excluding hydrogens is 310 g/mol. The number of carbonyl (C=O) groups excluding carboxylic acids is 1. The zero-order valence-corrected chi connectivity index (χ0v) is 13.6. The molecule has 2 aromatic heterocycles. The van der Waals surface area contributed by atoms with Crippen molar-refractivity contribution in [2.45, 2.75) is 19.9 Å². The highest BCUT2D eigenvalue weighted by Gasteiger charge is 2.11. The van der Waals surface area contributed by atoms with Crippen molar-refractivity contribution in [3.05, 3.63) is 53.1 Å². The Hall–Kier alpha value is -2.47. The lowest BCUT2D eigenvalue weighted by Crippen LogP contribution is -2.32. The molecule has 0 atom stereocenters. The first-order valence-electron chi connectivity index (χ1n) is 7.50. The number of benzene rings is 1. The van der Waals surface area contributed by atoms with Crippen molar-refractivity contribution in [3.8, 4) is 10.4 Å². The highest BCUT2D eigenvalue weighted by Crippen LogP contribution is 2.30. The summed E-state index contributed by atoms with van der Waals surface area (Å²) < 4.78 is 1.36. The fourth-order valence-electron chi connectivity index (χ4n) is 2.29. The van der Waals surface area contributed by atoms with Gasteiger partial charge in [-0.15, -0.1) is 11.3 Å². The van der Waals surface area contributed by atoms with Gasteiger partial charge >= 0.3 is 0 Å². The smallest absolute Gasteiger partial charge is 0.262 e. The predicted octanol–water partition coefficient (Wildman–Crippen LogP) is 2.65. The molecule has 23 heavy (non-hydrogen) atoms. The number of carbonyl (C=O) groups is 1. The summed E-state index contributed by atoms with van der Waals surface area (Å²) >= 11 is 1.48. The summed E-state index contributed by atoms with van der Waals surface area (Å²) in [6, 6.07) is 11.7. The molecule has 0 bridgehead atoms. The van der Waals surface area contributed by atoms with Gasteiger partial charge in [-0.1, -0.05) is 37.3 Å². The van der Waals surface area contributed by atoms with E-state index in [4.69, 9.17) is 0 Å². The van der Waals surface area contributed by atoms with Crippen LogP contribution in [0, 0.1) is 0 Å². The summed E-state index contributed by atoms with van der Waals surface area (Å²) in [5, 5.41) is 3.32. The van der Waals surface area contributed by atoms with Crippen LogP contribution in [-0.4, -0.2) is 22.0 Å². The van der Waals surface area contributed by atoms with Crippen LogP contribution >= 0.6 is 11.3 Å². The van der Waals surface area contributed by atoms with Crippen molar-refractivity contribution in [2.24, 2.45) is 0 Å². The molecule has 3 aromatic rings. The Morgan fingerprint density at radius 1 is 1.30 bits per heavy atom. The number of hydrogen-bond acceptors (Lipinski definition) is 4. The molecule has 5 nitrogen and oxygen atoms in total. The lowest BCUT2D eigenvalue weighted by Gasteiger charge is -2.05. The average Bonchev–Trinajstić information content (AvgIpc) is 3.01. The van der Waals surface area contributed by atoms with E-state index in [0.29, 0.717) is 16.8 Å². The zero-order chi connectivity index (χ0) is 16.2. The number of fused-ring (bicyclic) bond motifs is 1. The van der Waals surface area contributed by atoms with Gasteiger partial charge in [0, 0.05) is 11.4 Å². The molecule has 0 radical (unpaired) electrons. The molecule has 118 valence electrons. The quantitative estimate of drug-likeness (QED) is 0.783. The van der Waals surface area contributed by atoms with Gasteiger partial charge in [-0.05, 0) is 18.1 Å². The number of thiophene rings is 1. The van der Waals surface area contributed by atoms with Crippen LogP contribution in [0.3, 0.4) is 0 Å². The molecule has 0 aliphatic carbocycles. The number of amides is 1.